The lowest BCUT2D eigenvalue weighted by molar-refractivity contribution is 0.296. The van der Waals surface area contributed by atoms with E-state index in [0.29, 0.717) is 13.2 Å². The SMILES string of the molecule is C[C@@H](N)COc1ccc(Oc2ccc(OCc3ccccc3)cc2)cc1. The van der Waals surface area contributed by atoms with Crippen LogP contribution in [0.15, 0.2) is 78.9 Å². The quantitative estimate of drug-likeness (QED) is 0.636. The molecule has 2 N–H and O–H groups in total. The van der Waals surface area contributed by atoms with Gasteiger partial charge in [0.15, 0.2) is 0 Å². The van der Waals surface area contributed by atoms with Crippen molar-refractivity contribution in [2.24, 2.45) is 5.73 Å². The van der Waals surface area contributed by atoms with E-state index < -0.39 is 0 Å². The van der Waals surface area contributed by atoms with Crippen molar-refractivity contribution in [3.05, 3.63) is 84.4 Å². The van der Waals surface area contributed by atoms with E-state index in [0.717, 1.165) is 28.6 Å². The largest absolute Gasteiger partial charge is 0.492 e. The highest BCUT2D eigenvalue weighted by Crippen LogP contribution is 2.26. The Morgan fingerprint density at radius 1 is 0.692 bits per heavy atom. The average Bonchev–Trinajstić information content (AvgIpc) is 2.68. The second kappa shape index (κ2) is 8.92. The minimum Gasteiger partial charge on any atom is -0.492 e. The summed E-state index contributed by atoms with van der Waals surface area (Å²) >= 11 is 0. The molecular weight excluding hydrogens is 326 g/mol. The molecule has 0 spiro atoms. The molecular formula is C22H23NO3. The lowest BCUT2D eigenvalue weighted by Crippen LogP contribution is -2.23. The van der Waals surface area contributed by atoms with Gasteiger partial charge < -0.3 is 19.9 Å². The molecule has 0 bridgehead atoms. The van der Waals surface area contributed by atoms with Crippen LogP contribution in [0, 0.1) is 0 Å². The lowest BCUT2D eigenvalue weighted by atomic mass is 10.2. The molecule has 0 aliphatic heterocycles. The van der Waals surface area contributed by atoms with Gasteiger partial charge in [-0.3, -0.25) is 0 Å². The molecule has 0 aliphatic rings. The third-order valence-corrected chi connectivity index (χ3v) is 3.64. The van der Waals surface area contributed by atoms with E-state index in [1.54, 1.807) is 0 Å². The van der Waals surface area contributed by atoms with Gasteiger partial charge in [0.05, 0.1) is 0 Å². The summed E-state index contributed by atoms with van der Waals surface area (Å²) < 4.78 is 17.2. The van der Waals surface area contributed by atoms with Gasteiger partial charge in [0.2, 0.25) is 0 Å². The molecule has 0 aromatic heterocycles. The molecule has 4 nitrogen and oxygen atoms in total. The number of nitrogens with two attached hydrogens (primary N) is 1. The summed E-state index contributed by atoms with van der Waals surface area (Å²) in [6, 6.07) is 25.2. The molecule has 0 aliphatic carbocycles. The fourth-order valence-electron chi connectivity index (χ4n) is 2.31. The van der Waals surface area contributed by atoms with Crippen LogP contribution in [0.5, 0.6) is 23.0 Å². The fraction of sp³-hybridized carbons (Fsp3) is 0.182. The Morgan fingerprint density at radius 3 is 1.73 bits per heavy atom. The minimum absolute atomic E-state index is 0.00792. The Balaban J connectivity index is 1.52. The highest BCUT2D eigenvalue weighted by Gasteiger charge is 2.01. The molecule has 1 atom stereocenters. The Hall–Kier alpha value is -2.98. The lowest BCUT2D eigenvalue weighted by Gasteiger charge is -2.10. The van der Waals surface area contributed by atoms with E-state index in [-0.39, 0.29) is 6.04 Å². The minimum atomic E-state index is 0.00792. The number of ether oxygens (including phenoxy) is 3. The zero-order valence-corrected chi connectivity index (χ0v) is 14.8. The first-order valence-electron chi connectivity index (χ1n) is 8.62. The van der Waals surface area contributed by atoms with Gasteiger partial charge in [0.25, 0.3) is 0 Å². The Bertz CT molecular complexity index is 784. The molecule has 0 saturated heterocycles. The summed E-state index contributed by atoms with van der Waals surface area (Å²) in [7, 11) is 0. The summed E-state index contributed by atoms with van der Waals surface area (Å²) in [4.78, 5) is 0. The smallest absolute Gasteiger partial charge is 0.127 e. The zero-order chi connectivity index (χ0) is 18.2. The normalized spacial score (nSPS) is 11.6. The molecule has 0 radical (unpaired) electrons. The summed E-state index contributed by atoms with van der Waals surface area (Å²) in [5.41, 5.74) is 6.82. The van der Waals surface area contributed by atoms with Crippen LogP contribution in [0.1, 0.15) is 12.5 Å². The maximum Gasteiger partial charge on any atom is 0.127 e. The summed E-state index contributed by atoms with van der Waals surface area (Å²) in [5.74, 6) is 3.08. The topological polar surface area (TPSA) is 53.7 Å². The molecule has 134 valence electrons. The van der Waals surface area contributed by atoms with Crippen molar-refractivity contribution in [2.45, 2.75) is 19.6 Å². The average molecular weight is 349 g/mol. The van der Waals surface area contributed by atoms with Crippen molar-refractivity contribution in [1.29, 1.82) is 0 Å². The van der Waals surface area contributed by atoms with Crippen LogP contribution in [0.25, 0.3) is 0 Å². The first-order valence-corrected chi connectivity index (χ1v) is 8.62. The Kier molecular flexibility index (Phi) is 6.12. The van der Waals surface area contributed by atoms with Gasteiger partial charge in [0, 0.05) is 6.04 Å². The van der Waals surface area contributed by atoms with Gasteiger partial charge in [-0.2, -0.15) is 0 Å². The van der Waals surface area contributed by atoms with E-state index >= 15 is 0 Å². The van der Waals surface area contributed by atoms with E-state index in [1.165, 1.54) is 0 Å². The third-order valence-electron chi connectivity index (χ3n) is 3.64. The molecule has 3 aromatic carbocycles. The maximum absolute atomic E-state index is 5.84. The highest BCUT2D eigenvalue weighted by molar-refractivity contribution is 5.37. The number of hydrogen-bond acceptors (Lipinski definition) is 4. The van der Waals surface area contributed by atoms with Crippen molar-refractivity contribution in [3.8, 4) is 23.0 Å². The summed E-state index contributed by atoms with van der Waals surface area (Å²) in [6.45, 7) is 2.94. The molecule has 0 fully saturated rings. The monoisotopic (exact) mass is 349 g/mol. The van der Waals surface area contributed by atoms with Crippen LogP contribution in [-0.4, -0.2) is 12.6 Å². The van der Waals surface area contributed by atoms with E-state index in [4.69, 9.17) is 19.9 Å². The Labute approximate surface area is 154 Å². The second-order valence-corrected chi connectivity index (χ2v) is 6.11. The van der Waals surface area contributed by atoms with Crippen LogP contribution in [0.4, 0.5) is 0 Å². The molecule has 3 rings (SSSR count). The van der Waals surface area contributed by atoms with Crippen LogP contribution < -0.4 is 19.9 Å². The summed E-state index contributed by atoms with van der Waals surface area (Å²) in [5, 5.41) is 0. The standard InChI is InChI=1S/C22H23NO3/c1-17(23)15-24-19-7-11-21(12-8-19)26-22-13-9-20(10-14-22)25-16-18-5-3-2-4-6-18/h2-14,17H,15-16,23H2,1H3/t17-/m1/s1. The molecule has 26 heavy (non-hydrogen) atoms. The molecule has 4 heteroatoms. The van der Waals surface area contributed by atoms with Crippen LogP contribution >= 0.6 is 0 Å². The van der Waals surface area contributed by atoms with E-state index in [9.17, 15) is 0 Å². The molecule has 0 saturated carbocycles. The van der Waals surface area contributed by atoms with E-state index in [2.05, 4.69) is 0 Å². The van der Waals surface area contributed by atoms with Crippen molar-refractivity contribution in [1.82, 2.24) is 0 Å². The molecule has 0 unspecified atom stereocenters. The van der Waals surface area contributed by atoms with Crippen molar-refractivity contribution in [2.75, 3.05) is 6.61 Å². The van der Waals surface area contributed by atoms with Gasteiger partial charge >= 0.3 is 0 Å². The fourth-order valence-corrected chi connectivity index (χ4v) is 2.31. The zero-order valence-electron chi connectivity index (χ0n) is 14.8. The number of rotatable bonds is 8. The van der Waals surface area contributed by atoms with Gasteiger partial charge in [-0.25, -0.2) is 0 Å². The van der Waals surface area contributed by atoms with Crippen LogP contribution in [0.3, 0.4) is 0 Å². The molecule has 3 aromatic rings. The molecule has 0 amide bonds. The van der Waals surface area contributed by atoms with Crippen LogP contribution in [-0.2, 0) is 6.61 Å². The summed E-state index contributed by atoms with van der Waals surface area (Å²) in [6.07, 6.45) is 0. The predicted octanol–water partition coefficient (Wildman–Crippen LogP) is 4.78. The highest BCUT2D eigenvalue weighted by atomic mass is 16.5. The first-order chi connectivity index (χ1) is 12.7. The number of benzene rings is 3. The van der Waals surface area contributed by atoms with E-state index in [1.807, 2.05) is 85.8 Å². The predicted molar refractivity (Wildman–Crippen MR) is 103 cm³/mol. The van der Waals surface area contributed by atoms with Gasteiger partial charge in [0.1, 0.15) is 36.2 Å². The second-order valence-electron chi connectivity index (χ2n) is 6.11. The third kappa shape index (κ3) is 5.53. The van der Waals surface area contributed by atoms with Gasteiger partial charge in [-0.05, 0) is 61.0 Å². The van der Waals surface area contributed by atoms with Gasteiger partial charge in [-0.15, -0.1) is 0 Å². The first kappa shape index (κ1) is 17.8. The number of hydrogen-bond donors (Lipinski definition) is 1. The van der Waals surface area contributed by atoms with Crippen molar-refractivity contribution < 1.29 is 14.2 Å². The van der Waals surface area contributed by atoms with Crippen LogP contribution in [0.2, 0.25) is 0 Å². The van der Waals surface area contributed by atoms with Crippen molar-refractivity contribution >= 4 is 0 Å². The molecule has 0 heterocycles. The van der Waals surface area contributed by atoms with Crippen molar-refractivity contribution in [3.63, 3.8) is 0 Å². The van der Waals surface area contributed by atoms with Gasteiger partial charge in [-0.1, -0.05) is 30.3 Å². The maximum atomic E-state index is 5.84. The Morgan fingerprint density at radius 2 is 1.19 bits per heavy atom.